The van der Waals surface area contributed by atoms with E-state index in [2.05, 4.69) is 10.6 Å². The zero-order valence-corrected chi connectivity index (χ0v) is 15.0. The van der Waals surface area contributed by atoms with Crippen molar-refractivity contribution in [1.29, 1.82) is 0 Å². The van der Waals surface area contributed by atoms with E-state index in [1.54, 1.807) is 37.3 Å². The molecule has 0 saturated heterocycles. The summed E-state index contributed by atoms with van der Waals surface area (Å²) in [5.41, 5.74) is 1.49. The normalized spacial score (nSPS) is 16.2. The molecule has 0 aliphatic carbocycles. The van der Waals surface area contributed by atoms with Crippen LogP contribution in [0.4, 0.5) is 11.4 Å². The molecule has 0 fully saturated rings. The highest BCUT2D eigenvalue weighted by Crippen LogP contribution is 2.33. The minimum absolute atomic E-state index is 0.0457. The highest BCUT2D eigenvalue weighted by molar-refractivity contribution is 6.08. The third-order valence-electron chi connectivity index (χ3n) is 3.79. The first kappa shape index (κ1) is 17.8. The number of nitrogens with one attached hydrogen (secondary N) is 2. The Kier molecular flexibility index (Phi) is 5.11. The van der Waals surface area contributed by atoms with Crippen LogP contribution in [0.5, 0.6) is 11.5 Å². The Morgan fingerprint density at radius 2 is 2.04 bits per heavy atom. The minimum Gasteiger partial charge on any atom is -0.491 e. The Labute approximate surface area is 152 Å². The van der Waals surface area contributed by atoms with E-state index in [1.165, 1.54) is 0 Å². The standard InChI is InChI=1S/C20H22N2O4/c1-12(2)25-15-7-4-6-14(11-15)21-20(24)16-8-5-9-17-19(16)26-13(3)10-18(23)22-17/h4-9,11-13H,10H2,1-3H3,(H,21,24)(H,22,23). The van der Waals surface area contributed by atoms with Crippen LogP contribution in [0, 0.1) is 0 Å². The topological polar surface area (TPSA) is 76.7 Å². The van der Waals surface area contributed by atoms with Gasteiger partial charge in [0, 0.05) is 11.8 Å². The smallest absolute Gasteiger partial charge is 0.259 e. The van der Waals surface area contributed by atoms with Crippen molar-refractivity contribution < 1.29 is 19.1 Å². The van der Waals surface area contributed by atoms with Gasteiger partial charge >= 0.3 is 0 Å². The van der Waals surface area contributed by atoms with Crippen LogP contribution in [0.1, 0.15) is 37.6 Å². The number of rotatable bonds is 4. The highest BCUT2D eigenvalue weighted by atomic mass is 16.5. The van der Waals surface area contributed by atoms with Gasteiger partial charge < -0.3 is 20.1 Å². The summed E-state index contributed by atoms with van der Waals surface area (Å²) in [7, 11) is 0. The van der Waals surface area contributed by atoms with Gasteiger partial charge in [-0.25, -0.2) is 0 Å². The van der Waals surface area contributed by atoms with Gasteiger partial charge in [-0.15, -0.1) is 0 Å². The predicted molar refractivity (Wildman–Crippen MR) is 99.9 cm³/mol. The molecule has 1 aliphatic rings. The van der Waals surface area contributed by atoms with Crippen LogP contribution < -0.4 is 20.1 Å². The molecule has 1 aliphatic heterocycles. The summed E-state index contributed by atoms with van der Waals surface area (Å²) in [6, 6.07) is 12.3. The molecule has 2 N–H and O–H groups in total. The second kappa shape index (κ2) is 7.47. The van der Waals surface area contributed by atoms with Crippen molar-refractivity contribution in [3.05, 3.63) is 48.0 Å². The molecule has 6 nitrogen and oxygen atoms in total. The third kappa shape index (κ3) is 4.14. The molecule has 1 unspecified atom stereocenters. The lowest BCUT2D eigenvalue weighted by Gasteiger charge is -2.16. The van der Waals surface area contributed by atoms with Crippen molar-refractivity contribution in [1.82, 2.24) is 0 Å². The Balaban J connectivity index is 1.85. The van der Waals surface area contributed by atoms with Gasteiger partial charge in [-0.05, 0) is 45.0 Å². The quantitative estimate of drug-likeness (QED) is 0.875. The number of carbonyl (C=O) groups excluding carboxylic acids is 2. The predicted octanol–water partition coefficient (Wildman–Crippen LogP) is 3.84. The number of anilines is 2. The zero-order valence-electron chi connectivity index (χ0n) is 15.0. The molecule has 0 spiro atoms. The molecule has 2 aromatic carbocycles. The van der Waals surface area contributed by atoms with Crippen LogP contribution in [0.25, 0.3) is 0 Å². The number of ether oxygens (including phenoxy) is 2. The van der Waals surface area contributed by atoms with Gasteiger partial charge in [-0.1, -0.05) is 12.1 Å². The van der Waals surface area contributed by atoms with E-state index in [1.807, 2.05) is 26.0 Å². The van der Waals surface area contributed by atoms with Crippen molar-refractivity contribution in [2.24, 2.45) is 0 Å². The van der Waals surface area contributed by atoms with Crippen LogP contribution in [-0.2, 0) is 4.79 Å². The molecule has 136 valence electrons. The minimum atomic E-state index is -0.313. The third-order valence-corrected chi connectivity index (χ3v) is 3.79. The summed E-state index contributed by atoms with van der Waals surface area (Å²) in [5, 5.41) is 5.64. The first-order chi connectivity index (χ1) is 12.4. The molecule has 0 aromatic heterocycles. The molecular weight excluding hydrogens is 332 g/mol. The maximum Gasteiger partial charge on any atom is 0.259 e. The summed E-state index contributed by atoms with van der Waals surface area (Å²) in [6.07, 6.45) is -0.0260. The summed E-state index contributed by atoms with van der Waals surface area (Å²) in [6.45, 7) is 5.69. The number of hydrogen-bond donors (Lipinski definition) is 2. The first-order valence-electron chi connectivity index (χ1n) is 8.60. The van der Waals surface area contributed by atoms with Crippen molar-refractivity contribution in [3.8, 4) is 11.5 Å². The number of hydrogen-bond acceptors (Lipinski definition) is 4. The number of amides is 2. The summed E-state index contributed by atoms with van der Waals surface area (Å²) in [5.74, 6) is 0.624. The van der Waals surface area contributed by atoms with Gasteiger partial charge in [0.2, 0.25) is 5.91 Å². The number of para-hydroxylation sites is 1. The average Bonchev–Trinajstić information content (AvgIpc) is 2.70. The van der Waals surface area contributed by atoms with Crippen LogP contribution >= 0.6 is 0 Å². The fourth-order valence-electron chi connectivity index (χ4n) is 2.76. The fraction of sp³-hybridized carbons (Fsp3) is 0.300. The van der Waals surface area contributed by atoms with Crippen LogP contribution in [-0.4, -0.2) is 24.0 Å². The van der Waals surface area contributed by atoms with Gasteiger partial charge in [-0.2, -0.15) is 0 Å². The van der Waals surface area contributed by atoms with Gasteiger partial charge in [0.1, 0.15) is 11.9 Å². The van der Waals surface area contributed by atoms with Crippen molar-refractivity contribution in [2.45, 2.75) is 39.4 Å². The van der Waals surface area contributed by atoms with Crippen LogP contribution in [0.15, 0.2) is 42.5 Å². The Bertz CT molecular complexity index is 832. The molecular formula is C20H22N2O4. The zero-order chi connectivity index (χ0) is 18.7. The van der Waals surface area contributed by atoms with E-state index in [0.717, 1.165) is 0 Å². The van der Waals surface area contributed by atoms with Crippen molar-refractivity contribution in [3.63, 3.8) is 0 Å². The second-order valence-corrected chi connectivity index (χ2v) is 6.51. The maximum absolute atomic E-state index is 12.8. The maximum atomic E-state index is 12.8. The van der Waals surface area contributed by atoms with Crippen molar-refractivity contribution >= 4 is 23.2 Å². The lowest BCUT2D eigenvalue weighted by molar-refractivity contribution is -0.117. The van der Waals surface area contributed by atoms with E-state index in [0.29, 0.717) is 28.4 Å². The molecule has 0 bridgehead atoms. The molecule has 6 heteroatoms. The van der Waals surface area contributed by atoms with Gasteiger partial charge in [0.25, 0.3) is 5.91 Å². The lowest BCUT2D eigenvalue weighted by atomic mass is 10.1. The molecule has 26 heavy (non-hydrogen) atoms. The van der Waals surface area contributed by atoms with Crippen molar-refractivity contribution in [2.75, 3.05) is 10.6 Å². The Morgan fingerprint density at radius 3 is 2.81 bits per heavy atom. The Hall–Kier alpha value is -3.02. The largest absolute Gasteiger partial charge is 0.491 e. The molecule has 2 aromatic rings. The fourth-order valence-corrected chi connectivity index (χ4v) is 2.76. The van der Waals surface area contributed by atoms with Crippen LogP contribution in [0.2, 0.25) is 0 Å². The van der Waals surface area contributed by atoms with E-state index >= 15 is 0 Å². The summed E-state index contributed by atoms with van der Waals surface area (Å²) >= 11 is 0. The van der Waals surface area contributed by atoms with Gasteiger partial charge in [-0.3, -0.25) is 9.59 Å². The van der Waals surface area contributed by atoms with E-state index < -0.39 is 0 Å². The number of fused-ring (bicyclic) bond motifs is 1. The monoisotopic (exact) mass is 354 g/mol. The molecule has 1 atom stereocenters. The summed E-state index contributed by atoms with van der Waals surface area (Å²) < 4.78 is 11.5. The number of carbonyl (C=O) groups is 2. The molecule has 3 rings (SSSR count). The van der Waals surface area contributed by atoms with Crippen LogP contribution in [0.3, 0.4) is 0 Å². The van der Waals surface area contributed by atoms with E-state index in [4.69, 9.17) is 9.47 Å². The lowest BCUT2D eigenvalue weighted by Crippen LogP contribution is -2.18. The second-order valence-electron chi connectivity index (χ2n) is 6.51. The molecule has 0 radical (unpaired) electrons. The highest BCUT2D eigenvalue weighted by Gasteiger charge is 2.24. The van der Waals surface area contributed by atoms with E-state index in [-0.39, 0.29) is 30.4 Å². The SMILES string of the molecule is CC(C)Oc1cccc(NC(=O)c2cccc3c2OC(C)CC(=O)N3)c1. The van der Waals surface area contributed by atoms with Gasteiger partial charge in [0.05, 0.1) is 23.8 Å². The molecule has 1 heterocycles. The Morgan fingerprint density at radius 1 is 1.27 bits per heavy atom. The summed E-state index contributed by atoms with van der Waals surface area (Å²) in [4.78, 5) is 24.6. The van der Waals surface area contributed by atoms with Gasteiger partial charge in [0.15, 0.2) is 5.75 Å². The molecule has 0 saturated carbocycles. The first-order valence-corrected chi connectivity index (χ1v) is 8.60. The molecule has 2 amide bonds. The van der Waals surface area contributed by atoms with E-state index in [9.17, 15) is 9.59 Å². The number of benzene rings is 2. The average molecular weight is 354 g/mol.